The first-order valence-corrected chi connectivity index (χ1v) is 7.37. The summed E-state index contributed by atoms with van der Waals surface area (Å²) in [6, 6.07) is 4.36. The molecule has 2 aromatic rings. The summed E-state index contributed by atoms with van der Waals surface area (Å²) in [7, 11) is 0. The van der Waals surface area contributed by atoms with Crippen molar-refractivity contribution < 1.29 is 0 Å². The van der Waals surface area contributed by atoms with Crippen LogP contribution in [0.3, 0.4) is 0 Å². The maximum Gasteiger partial charge on any atom is 0.0931 e. The predicted molar refractivity (Wildman–Crippen MR) is 73.9 cm³/mol. The van der Waals surface area contributed by atoms with Gasteiger partial charge in [-0.2, -0.15) is 11.3 Å². The largest absolute Gasteiger partial charge is 0.306 e. The third-order valence-electron chi connectivity index (χ3n) is 2.49. The van der Waals surface area contributed by atoms with Crippen LogP contribution in [0.25, 0.3) is 0 Å². The molecular formula is C12H14ClNS2. The summed E-state index contributed by atoms with van der Waals surface area (Å²) in [5.41, 5.74) is 2.71. The van der Waals surface area contributed by atoms with Gasteiger partial charge in [-0.05, 0) is 47.5 Å². The Hall–Kier alpha value is -0.350. The Morgan fingerprint density at radius 1 is 1.38 bits per heavy atom. The lowest BCUT2D eigenvalue weighted by Crippen LogP contribution is -2.21. The molecule has 2 heterocycles. The third-order valence-corrected chi connectivity index (χ3v) is 4.67. The average Bonchev–Trinajstić information content (AvgIpc) is 2.84. The molecule has 0 aromatic carbocycles. The quantitative estimate of drug-likeness (QED) is 0.865. The number of aryl methyl sites for hydroxylation is 1. The zero-order chi connectivity index (χ0) is 11.5. The standard InChI is InChI=1S/C12H14ClNS2/c1-3-14-12(9-7-15-6-8(9)2)10-4-5-11(13)16-10/h4-7,12,14H,3H2,1-2H3. The van der Waals surface area contributed by atoms with Crippen molar-refractivity contribution in [3.8, 4) is 0 Å². The van der Waals surface area contributed by atoms with Crippen LogP contribution < -0.4 is 5.32 Å². The van der Waals surface area contributed by atoms with Crippen molar-refractivity contribution in [3.05, 3.63) is 43.2 Å². The van der Waals surface area contributed by atoms with Crippen molar-refractivity contribution in [3.63, 3.8) is 0 Å². The summed E-state index contributed by atoms with van der Waals surface area (Å²) in [6.45, 7) is 5.24. The average molecular weight is 272 g/mol. The summed E-state index contributed by atoms with van der Waals surface area (Å²) >= 11 is 9.40. The zero-order valence-electron chi connectivity index (χ0n) is 9.29. The van der Waals surface area contributed by atoms with Crippen LogP contribution in [0.4, 0.5) is 0 Å². The normalized spacial score (nSPS) is 12.9. The molecule has 0 amide bonds. The van der Waals surface area contributed by atoms with Crippen molar-refractivity contribution >= 4 is 34.3 Å². The predicted octanol–water partition coefficient (Wildman–Crippen LogP) is 4.47. The van der Waals surface area contributed by atoms with E-state index >= 15 is 0 Å². The zero-order valence-corrected chi connectivity index (χ0v) is 11.7. The van der Waals surface area contributed by atoms with Gasteiger partial charge in [0.15, 0.2) is 0 Å². The minimum atomic E-state index is 0.286. The molecule has 86 valence electrons. The van der Waals surface area contributed by atoms with Crippen molar-refractivity contribution in [2.24, 2.45) is 0 Å². The number of hydrogen-bond donors (Lipinski definition) is 1. The molecule has 0 aliphatic heterocycles. The monoisotopic (exact) mass is 271 g/mol. The molecule has 16 heavy (non-hydrogen) atoms. The van der Waals surface area contributed by atoms with E-state index in [1.54, 1.807) is 22.7 Å². The summed E-state index contributed by atoms with van der Waals surface area (Å²) < 4.78 is 0.853. The van der Waals surface area contributed by atoms with E-state index in [1.165, 1.54) is 16.0 Å². The van der Waals surface area contributed by atoms with Crippen molar-refractivity contribution in [2.75, 3.05) is 6.54 Å². The Morgan fingerprint density at radius 2 is 2.19 bits per heavy atom. The molecule has 1 atom stereocenters. The van der Waals surface area contributed by atoms with Gasteiger partial charge in [0.25, 0.3) is 0 Å². The maximum absolute atomic E-state index is 6.00. The third kappa shape index (κ3) is 2.48. The lowest BCUT2D eigenvalue weighted by atomic mass is 10.1. The van der Waals surface area contributed by atoms with E-state index in [0.29, 0.717) is 0 Å². The SMILES string of the molecule is CCNC(c1ccc(Cl)s1)c1cscc1C. The summed E-state index contributed by atoms with van der Waals surface area (Å²) in [5, 5.41) is 7.92. The Morgan fingerprint density at radius 3 is 2.69 bits per heavy atom. The summed E-state index contributed by atoms with van der Waals surface area (Å²) in [6.07, 6.45) is 0. The van der Waals surface area contributed by atoms with E-state index in [0.717, 1.165) is 10.9 Å². The van der Waals surface area contributed by atoms with Gasteiger partial charge >= 0.3 is 0 Å². The Bertz CT molecular complexity index is 461. The first kappa shape index (κ1) is 12.1. The molecule has 0 aliphatic carbocycles. The van der Waals surface area contributed by atoms with Gasteiger partial charge in [0.1, 0.15) is 0 Å². The van der Waals surface area contributed by atoms with Crippen LogP contribution in [0.2, 0.25) is 4.34 Å². The minimum absolute atomic E-state index is 0.286. The second-order valence-electron chi connectivity index (χ2n) is 3.64. The summed E-state index contributed by atoms with van der Waals surface area (Å²) in [4.78, 5) is 1.29. The number of thiophene rings is 2. The molecule has 2 rings (SSSR count). The second-order valence-corrected chi connectivity index (χ2v) is 6.13. The summed E-state index contributed by atoms with van der Waals surface area (Å²) in [5.74, 6) is 0. The van der Waals surface area contributed by atoms with Crippen LogP contribution in [0, 0.1) is 6.92 Å². The number of rotatable bonds is 4. The maximum atomic E-state index is 6.00. The lowest BCUT2D eigenvalue weighted by molar-refractivity contribution is 0.639. The van der Waals surface area contributed by atoms with E-state index < -0.39 is 0 Å². The van der Waals surface area contributed by atoms with Gasteiger partial charge in [0.05, 0.1) is 10.4 Å². The van der Waals surface area contributed by atoms with Crippen LogP contribution in [0.15, 0.2) is 22.9 Å². The highest BCUT2D eigenvalue weighted by Gasteiger charge is 2.17. The van der Waals surface area contributed by atoms with E-state index in [1.807, 2.05) is 6.07 Å². The van der Waals surface area contributed by atoms with E-state index in [-0.39, 0.29) is 6.04 Å². The number of nitrogens with one attached hydrogen (secondary N) is 1. The first-order valence-electron chi connectivity index (χ1n) is 5.23. The molecule has 4 heteroatoms. The molecule has 1 unspecified atom stereocenters. The van der Waals surface area contributed by atoms with Crippen molar-refractivity contribution in [1.29, 1.82) is 0 Å². The fourth-order valence-electron chi connectivity index (χ4n) is 1.72. The Balaban J connectivity index is 2.34. The Kier molecular flexibility index (Phi) is 4.03. The molecular weight excluding hydrogens is 258 g/mol. The molecule has 0 saturated heterocycles. The highest BCUT2D eigenvalue weighted by atomic mass is 35.5. The number of halogens is 1. The minimum Gasteiger partial charge on any atom is -0.306 e. The molecule has 0 aliphatic rings. The lowest BCUT2D eigenvalue weighted by Gasteiger charge is -2.16. The van der Waals surface area contributed by atoms with Gasteiger partial charge in [-0.15, -0.1) is 11.3 Å². The molecule has 0 radical (unpaired) electrons. The van der Waals surface area contributed by atoms with Crippen LogP contribution >= 0.6 is 34.3 Å². The first-order chi connectivity index (χ1) is 7.72. The van der Waals surface area contributed by atoms with Gasteiger partial charge in [-0.25, -0.2) is 0 Å². The van der Waals surface area contributed by atoms with Crippen LogP contribution in [-0.4, -0.2) is 6.54 Å². The van der Waals surface area contributed by atoms with Crippen molar-refractivity contribution in [1.82, 2.24) is 5.32 Å². The molecule has 0 fully saturated rings. The van der Waals surface area contributed by atoms with Crippen LogP contribution in [0.5, 0.6) is 0 Å². The van der Waals surface area contributed by atoms with E-state index in [9.17, 15) is 0 Å². The second kappa shape index (κ2) is 5.32. The Labute approximate surface area is 109 Å². The fourth-order valence-corrected chi connectivity index (χ4v) is 3.75. The highest BCUT2D eigenvalue weighted by molar-refractivity contribution is 7.16. The fraction of sp³-hybridized carbons (Fsp3) is 0.333. The topological polar surface area (TPSA) is 12.0 Å². The van der Waals surface area contributed by atoms with Crippen LogP contribution in [-0.2, 0) is 0 Å². The molecule has 1 N–H and O–H groups in total. The number of hydrogen-bond acceptors (Lipinski definition) is 3. The van der Waals surface area contributed by atoms with Gasteiger partial charge in [0, 0.05) is 4.88 Å². The molecule has 0 spiro atoms. The molecule has 2 aromatic heterocycles. The van der Waals surface area contributed by atoms with E-state index in [4.69, 9.17) is 11.6 Å². The smallest absolute Gasteiger partial charge is 0.0931 e. The molecule has 1 nitrogen and oxygen atoms in total. The van der Waals surface area contributed by atoms with Gasteiger partial charge < -0.3 is 5.32 Å². The van der Waals surface area contributed by atoms with Crippen molar-refractivity contribution in [2.45, 2.75) is 19.9 Å². The van der Waals surface area contributed by atoms with E-state index in [2.05, 4.69) is 36.0 Å². The van der Waals surface area contributed by atoms with Crippen LogP contribution in [0.1, 0.15) is 29.0 Å². The molecule has 0 saturated carbocycles. The van der Waals surface area contributed by atoms with Gasteiger partial charge in [-0.1, -0.05) is 18.5 Å². The van der Waals surface area contributed by atoms with Gasteiger partial charge in [-0.3, -0.25) is 0 Å². The van der Waals surface area contributed by atoms with Gasteiger partial charge in [0.2, 0.25) is 0 Å². The molecule has 0 bridgehead atoms. The highest BCUT2D eigenvalue weighted by Crippen LogP contribution is 2.33.